The number of nitrogens with one attached hydrogen (secondary N) is 1. The fourth-order valence-electron chi connectivity index (χ4n) is 3.99. The summed E-state index contributed by atoms with van der Waals surface area (Å²) in [5.41, 5.74) is 6.24. The first-order valence-corrected chi connectivity index (χ1v) is 11.7. The summed E-state index contributed by atoms with van der Waals surface area (Å²) in [6.07, 6.45) is 0.211. The smallest absolute Gasteiger partial charge is 0.408 e. The van der Waals surface area contributed by atoms with Crippen LogP contribution in [0, 0.1) is 0 Å². The van der Waals surface area contributed by atoms with Gasteiger partial charge >= 0.3 is 6.09 Å². The lowest BCUT2D eigenvalue weighted by Gasteiger charge is -2.24. The van der Waals surface area contributed by atoms with Crippen LogP contribution in [0.5, 0.6) is 0 Å². The van der Waals surface area contributed by atoms with Gasteiger partial charge in [0.2, 0.25) is 0 Å². The standard InChI is InChI=1S/C23H30N2O4S/c1-5-16-11-13-17(14-12-16)19-20(30(27,28)18-9-7-6-8-10-18)23(19,15-24)25-21(26)29-22(2,3)4/h6-14,19-20H,5,15,24H2,1-4H3,(H,25,26)/t19-,20+,23-/m0/s1. The topological polar surface area (TPSA) is 98.5 Å². The molecule has 3 atom stereocenters. The third-order valence-electron chi connectivity index (χ3n) is 5.48. The van der Waals surface area contributed by atoms with Crippen LogP contribution in [0.15, 0.2) is 59.5 Å². The molecule has 7 heteroatoms. The third-order valence-corrected chi connectivity index (χ3v) is 7.77. The zero-order valence-electron chi connectivity index (χ0n) is 17.9. The van der Waals surface area contributed by atoms with Gasteiger partial charge in [-0.05, 0) is 50.5 Å². The van der Waals surface area contributed by atoms with Crippen molar-refractivity contribution in [3.8, 4) is 0 Å². The Morgan fingerprint density at radius 3 is 2.20 bits per heavy atom. The van der Waals surface area contributed by atoms with Crippen LogP contribution >= 0.6 is 0 Å². The number of aryl methyl sites for hydroxylation is 1. The molecule has 0 aliphatic heterocycles. The summed E-state index contributed by atoms with van der Waals surface area (Å²) >= 11 is 0. The summed E-state index contributed by atoms with van der Waals surface area (Å²) in [5, 5.41) is 1.93. The minimum absolute atomic E-state index is 0.0246. The number of alkyl carbamates (subject to hydrolysis) is 1. The van der Waals surface area contributed by atoms with Crippen molar-refractivity contribution < 1.29 is 17.9 Å². The molecule has 0 spiro atoms. The second kappa shape index (κ2) is 8.04. The van der Waals surface area contributed by atoms with E-state index in [0.29, 0.717) is 0 Å². The molecular formula is C23H30N2O4S. The first-order valence-electron chi connectivity index (χ1n) is 10.1. The van der Waals surface area contributed by atoms with E-state index < -0.39 is 38.2 Å². The molecule has 3 N–H and O–H groups in total. The maximum atomic E-state index is 13.5. The van der Waals surface area contributed by atoms with Crippen molar-refractivity contribution in [2.24, 2.45) is 5.73 Å². The van der Waals surface area contributed by atoms with Gasteiger partial charge in [0.05, 0.1) is 10.4 Å². The van der Waals surface area contributed by atoms with Crippen LogP contribution in [0.4, 0.5) is 4.79 Å². The molecular weight excluding hydrogens is 400 g/mol. The highest BCUT2D eigenvalue weighted by molar-refractivity contribution is 7.92. The van der Waals surface area contributed by atoms with Gasteiger partial charge in [-0.3, -0.25) is 0 Å². The summed E-state index contributed by atoms with van der Waals surface area (Å²) in [6.45, 7) is 7.31. The van der Waals surface area contributed by atoms with E-state index in [1.54, 1.807) is 51.1 Å². The van der Waals surface area contributed by atoms with E-state index in [4.69, 9.17) is 10.5 Å². The lowest BCUT2D eigenvalue weighted by atomic mass is 10.0. The van der Waals surface area contributed by atoms with Crippen LogP contribution in [-0.4, -0.2) is 37.4 Å². The Labute approximate surface area is 178 Å². The van der Waals surface area contributed by atoms with Crippen molar-refractivity contribution in [2.45, 2.75) is 61.3 Å². The van der Waals surface area contributed by atoms with Gasteiger partial charge in [-0.15, -0.1) is 0 Å². The van der Waals surface area contributed by atoms with Gasteiger partial charge < -0.3 is 15.8 Å². The first kappa shape index (κ1) is 22.3. The molecule has 6 nitrogen and oxygen atoms in total. The van der Waals surface area contributed by atoms with Crippen LogP contribution in [-0.2, 0) is 21.0 Å². The normalized spacial score (nSPS) is 23.6. The Morgan fingerprint density at radius 2 is 1.70 bits per heavy atom. The van der Waals surface area contributed by atoms with E-state index in [-0.39, 0.29) is 11.4 Å². The third kappa shape index (κ3) is 4.23. The second-order valence-electron chi connectivity index (χ2n) is 8.72. The molecule has 0 radical (unpaired) electrons. The Kier molecular flexibility index (Phi) is 5.98. The summed E-state index contributed by atoms with van der Waals surface area (Å²) < 4.78 is 32.4. The van der Waals surface area contributed by atoms with E-state index in [1.165, 1.54) is 0 Å². The fraction of sp³-hybridized carbons (Fsp3) is 0.435. The molecule has 0 heterocycles. The summed E-state index contributed by atoms with van der Waals surface area (Å²) in [6, 6.07) is 16.1. The Bertz CT molecular complexity index is 998. The number of carbonyl (C=O) groups excluding carboxylic acids is 1. The monoisotopic (exact) mass is 430 g/mol. The van der Waals surface area contributed by atoms with Gasteiger partial charge in [0.25, 0.3) is 0 Å². The number of hydrogen-bond donors (Lipinski definition) is 2. The van der Waals surface area contributed by atoms with Crippen LogP contribution < -0.4 is 11.1 Å². The van der Waals surface area contributed by atoms with Crippen LogP contribution in [0.2, 0.25) is 0 Å². The molecule has 1 aliphatic carbocycles. The zero-order valence-corrected chi connectivity index (χ0v) is 18.7. The number of ether oxygens (including phenoxy) is 1. The van der Waals surface area contributed by atoms with Crippen molar-refractivity contribution in [3.63, 3.8) is 0 Å². The van der Waals surface area contributed by atoms with E-state index in [0.717, 1.165) is 17.5 Å². The molecule has 30 heavy (non-hydrogen) atoms. The number of benzene rings is 2. The van der Waals surface area contributed by atoms with Gasteiger partial charge in [-0.1, -0.05) is 49.4 Å². The molecule has 0 saturated heterocycles. The largest absolute Gasteiger partial charge is 0.444 e. The lowest BCUT2D eigenvalue weighted by molar-refractivity contribution is 0.0497. The minimum Gasteiger partial charge on any atom is -0.444 e. The van der Waals surface area contributed by atoms with E-state index in [9.17, 15) is 13.2 Å². The lowest BCUT2D eigenvalue weighted by Crippen LogP contribution is -2.49. The molecule has 1 aliphatic rings. The molecule has 2 aromatic carbocycles. The number of rotatable bonds is 6. The molecule has 2 aromatic rings. The van der Waals surface area contributed by atoms with Gasteiger partial charge in [0.15, 0.2) is 9.84 Å². The van der Waals surface area contributed by atoms with Gasteiger partial charge in [0.1, 0.15) is 10.9 Å². The van der Waals surface area contributed by atoms with E-state index in [2.05, 4.69) is 12.2 Å². The van der Waals surface area contributed by atoms with E-state index in [1.807, 2.05) is 24.3 Å². The van der Waals surface area contributed by atoms with E-state index >= 15 is 0 Å². The van der Waals surface area contributed by atoms with Crippen LogP contribution in [0.3, 0.4) is 0 Å². The molecule has 162 valence electrons. The summed E-state index contributed by atoms with van der Waals surface area (Å²) in [7, 11) is -3.74. The van der Waals surface area contributed by atoms with Crippen LogP contribution in [0.25, 0.3) is 0 Å². The summed E-state index contributed by atoms with van der Waals surface area (Å²) in [5.74, 6) is -0.467. The van der Waals surface area contributed by atoms with Crippen molar-refractivity contribution in [3.05, 3.63) is 65.7 Å². The van der Waals surface area contributed by atoms with Gasteiger partial charge in [-0.2, -0.15) is 0 Å². The number of nitrogens with two attached hydrogens (primary N) is 1. The number of carbonyl (C=O) groups is 1. The Balaban J connectivity index is 2.02. The van der Waals surface area contributed by atoms with Gasteiger partial charge in [0, 0.05) is 12.5 Å². The van der Waals surface area contributed by atoms with Crippen molar-refractivity contribution in [2.75, 3.05) is 6.54 Å². The predicted molar refractivity (Wildman–Crippen MR) is 117 cm³/mol. The molecule has 1 fully saturated rings. The Hall–Kier alpha value is -2.38. The maximum absolute atomic E-state index is 13.5. The molecule has 0 unspecified atom stereocenters. The first-order chi connectivity index (χ1) is 14.0. The molecule has 1 amide bonds. The fourth-order valence-corrected chi connectivity index (χ4v) is 6.35. The second-order valence-corrected chi connectivity index (χ2v) is 10.8. The highest BCUT2D eigenvalue weighted by Gasteiger charge is 2.71. The highest BCUT2D eigenvalue weighted by atomic mass is 32.2. The predicted octanol–water partition coefficient (Wildman–Crippen LogP) is 3.41. The quantitative estimate of drug-likeness (QED) is 0.732. The average molecular weight is 431 g/mol. The average Bonchev–Trinajstić information content (AvgIpc) is 3.36. The molecule has 0 aromatic heterocycles. The minimum atomic E-state index is -3.74. The molecule has 3 rings (SSSR count). The number of hydrogen-bond acceptors (Lipinski definition) is 5. The highest BCUT2D eigenvalue weighted by Crippen LogP contribution is 2.57. The van der Waals surface area contributed by atoms with Crippen molar-refractivity contribution in [1.29, 1.82) is 0 Å². The molecule has 0 bridgehead atoms. The Morgan fingerprint density at radius 1 is 1.10 bits per heavy atom. The zero-order chi connectivity index (χ0) is 22.2. The number of sulfone groups is 1. The number of amides is 1. The van der Waals surface area contributed by atoms with Crippen molar-refractivity contribution >= 4 is 15.9 Å². The summed E-state index contributed by atoms with van der Waals surface area (Å²) in [4.78, 5) is 12.8. The molecule has 1 saturated carbocycles. The van der Waals surface area contributed by atoms with Gasteiger partial charge in [-0.25, -0.2) is 13.2 Å². The van der Waals surface area contributed by atoms with Crippen LogP contribution in [0.1, 0.15) is 44.7 Å². The van der Waals surface area contributed by atoms with Crippen molar-refractivity contribution in [1.82, 2.24) is 5.32 Å². The SMILES string of the molecule is CCc1ccc([C@H]2[C@@H](S(=O)(=O)c3ccccc3)[C@@]2(CN)NC(=O)OC(C)(C)C)cc1. The maximum Gasteiger partial charge on any atom is 0.408 e.